The number of hydrazone groups is 1. The Morgan fingerprint density at radius 1 is 1.24 bits per heavy atom. The number of nitrogens with zero attached hydrogens (tertiary/aromatic N) is 1. The van der Waals surface area contributed by atoms with Crippen LogP contribution in [0.2, 0.25) is 0 Å². The van der Waals surface area contributed by atoms with Gasteiger partial charge in [-0.15, -0.1) is 0 Å². The molecular weight excluding hydrogens is 268 g/mol. The van der Waals surface area contributed by atoms with Crippen molar-refractivity contribution in [3.8, 4) is 11.5 Å². The quantitative estimate of drug-likeness (QED) is 0.592. The lowest BCUT2D eigenvalue weighted by molar-refractivity contribution is -0.123. The minimum absolute atomic E-state index is 0.0622. The van der Waals surface area contributed by atoms with Crippen LogP contribution in [0.4, 0.5) is 0 Å². The van der Waals surface area contributed by atoms with E-state index in [2.05, 4.69) is 24.4 Å². The zero-order valence-electron chi connectivity index (χ0n) is 13.2. The van der Waals surface area contributed by atoms with E-state index in [1.54, 1.807) is 31.4 Å². The van der Waals surface area contributed by atoms with Crippen molar-refractivity contribution in [1.29, 1.82) is 0 Å². The first kappa shape index (κ1) is 17.0. The second kappa shape index (κ2) is 9.00. The predicted octanol–water partition coefficient (Wildman–Crippen LogP) is 3.00. The van der Waals surface area contributed by atoms with Crippen LogP contribution in [0.25, 0.3) is 0 Å². The molecule has 0 heterocycles. The Kier molecular flexibility index (Phi) is 7.29. The summed E-state index contributed by atoms with van der Waals surface area (Å²) in [6.07, 6.45) is 1.95. The number of nitrogens with one attached hydrogen (secondary N) is 1. The summed E-state index contributed by atoms with van der Waals surface area (Å²) in [6, 6.07) is 7.06. The molecule has 0 bridgehead atoms. The van der Waals surface area contributed by atoms with Crippen LogP contribution in [0.5, 0.6) is 11.5 Å². The highest BCUT2D eigenvalue weighted by atomic mass is 16.5. The lowest BCUT2D eigenvalue weighted by Gasteiger charge is -2.07. The van der Waals surface area contributed by atoms with Crippen LogP contribution in [0.3, 0.4) is 0 Å². The highest BCUT2D eigenvalue weighted by Crippen LogP contribution is 2.16. The van der Waals surface area contributed by atoms with Crippen molar-refractivity contribution in [2.24, 2.45) is 11.0 Å². The van der Waals surface area contributed by atoms with Crippen LogP contribution in [-0.4, -0.2) is 25.3 Å². The zero-order valence-corrected chi connectivity index (χ0v) is 13.2. The average Bonchev–Trinajstić information content (AvgIpc) is 2.49. The lowest BCUT2D eigenvalue weighted by atomic mass is 10.1. The maximum Gasteiger partial charge on any atom is 0.277 e. The third-order valence-corrected chi connectivity index (χ3v) is 2.88. The second-order valence-electron chi connectivity index (χ2n) is 5.28. The molecule has 0 saturated heterocycles. The molecule has 5 heteroatoms. The Morgan fingerprint density at radius 3 is 2.43 bits per heavy atom. The summed E-state index contributed by atoms with van der Waals surface area (Å²) < 4.78 is 10.4. The number of benzene rings is 1. The third kappa shape index (κ3) is 7.34. The van der Waals surface area contributed by atoms with Gasteiger partial charge in [-0.1, -0.05) is 13.8 Å². The molecule has 0 aromatic heterocycles. The minimum Gasteiger partial charge on any atom is -0.497 e. The van der Waals surface area contributed by atoms with E-state index in [0.717, 1.165) is 24.3 Å². The summed E-state index contributed by atoms with van der Waals surface area (Å²) in [5.74, 6) is 1.72. The van der Waals surface area contributed by atoms with Gasteiger partial charge in [0.25, 0.3) is 5.91 Å². The molecule has 1 N–H and O–H groups in total. The van der Waals surface area contributed by atoms with Gasteiger partial charge in [-0.05, 0) is 49.9 Å². The van der Waals surface area contributed by atoms with Gasteiger partial charge in [-0.3, -0.25) is 4.79 Å². The zero-order chi connectivity index (χ0) is 15.7. The van der Waals surface area contributed by atoms with Crippen LogP contribution in [-0.2, 0) is 4.79 Å². The Morgan fingerprint density at radius 2 is 1.86 bits per heavy atom. The van der Waals surface area contributed by atoms with Crippen LogP contribution in [0.15, 0.2) is 29.4 Å². The summed E-state index contributed by atoms with van der Waals surface area (Å²) in [5.41, 5.74) is 3.42. The summed E-state index contributed by atoms with van der Waals surface area (Å²) in [6.45, 7) is 6.17. The van der Waals surface area contributed by atoms with Crippen LogP contribution < -0.4 is 14.9 Å². The summed E-state index contributed by atoms with van der Waals surface area (Å²) >= 11 is 0. The molecule has 0 atom stereocenters. The predicted molar refractivity (Wildman–Crippen MR) is 83.8 cm³/mol. The molecule has 1 aromatic rings. The van der Waals surface area contributed by atoms with Crippen LogP contribution in [0.1, 0.15) is 33.6 Å². The molecule has 21 heavy (non-hydrogen) atoms. The number of rotatable bonds is 8. The molecule has 1 aromatic carbocycles. The van der Waals surface area contributed by atoms with Gasteiger partial charge in [-0.25, -0.2) is 5.43 Å². The number of hydrogen-bond donors (Lipinski definition) is 1. The Hall–Kier alpha value is -2.04. The maximum atomic E-state index is 11.6. The van der Waals surface area contributed by atoms with Crippen molar-refractivity contribution in [1.82, 2.24) is 5.43 Å². The van der Waals surface area contributed by atoms with Gasteiger partial charge in [0.05, 0.1) is 7.11 Å². The smallest absolute Gasteiger partial charge is 0.277 e. The van der Waals surface area contributed by atoms with E-state index in [4.69, 9.17) is 9.47 Å². The molecule has 0 fully saturated rings. The van der Waals surface area contributed by atoms with Crippen molar-refractivity contribution in [2.75, 3.05) is 13.7 Å². The molecule has 1 amide bonds. The van der Waals surface area contributed by atoms with Gasteiger partial charge in [0.2, 0.25) is 0 Å². The standard InChI is InChI=1S/C16H24N2O3/c1-12(2)5-6-13(3)17-18-16(19)11-21-15-9-7-14(20-4)8-10-15/h7-10,12H,5-6,11H2,1-4H3,(H,18,19). The van der Waals surface area contributed by atoms with E-state index < -0.39 is 0 Å². The van der Waals surface area contributed by atoms with Crippen molar-refractivity contribution >= 4 is 11.6 Å². The van der Waals surface area contributed by atoms with Gasteiger partial charge in [0.1, 0.15) is 11.5 Å². The largest absolute Gasteiger partial charge is 0.497 e. The van der Waals surface area contributed by atoms with Gasteiger partial charge in [0.15, 0.2) is 6.61 Å². The number of methoxy groups -OCH3 is 1. The minimum atomic E-state index is -0.269. The van der Waals surface area contributed by atoms with Gasteiger partial charge >= 0.3 is 0 Å². The fourth-order valence-corrected chi connectivity index (χ4v) is 1.56. The first-order chi connectivity index (χ1) is 10.0. The molecule has 0 saturated carbocycles. The Balaban J connectivity index is 2.31. The van der Waals surface area contributed by atoms with E-state index in [0.29, 0.717) is 11.7 Å². The number of carbonyl (C=O) groups excluding carboxylic acids is 1. The number of hydrogen-bond acceptors (Lipinski definition) is 4. The SMILES string of the molecule is COc1ccc(OCC(=O)NN=C(C)CCC(C)C)cc1. The molecule has 0 aliphatic heterocycles. The number of ether oxygens (including phenoxy) is 2. The molecule has 0 unspecified atom stereocenters. The molecule has 0 radical (unpaired) electrons. The highest BCUT2D eigenvalue weighted by molar-refractivity contribution is 5.84. The fraction of sp³-hybridized carbons (Fsp3) is 0.500. The van der Waals surface area contributed by atoms with Crippen LogP contribution in [0, 0.1) is 5.92 Å². The summed E-state index contributed by atoms with van der Waals surface area (Å²) in [4.78, 5) is 11.6. The molecular formula is C16H24N2O3. The van der Waals surface area contributed by atoms with Gasteiger partial charge < -0.3 is 9.47 Å². The first-order valence-corrected chi connectivity index (χ1v) is 7.10. The number of carbonyl (C=O) groups is 1. The van der Waals surface area contributed by atoms with E-state index in [1.165, 1.54) is 0 Å². The van der Waals surface area contributed by atoms with Crippen molar-refractivity contribution in [3.05, 3.63) is 24.3 Å². The van der Waals surface area contributed by atoms with Crippen molar-refractivity contribution in [3.63, 3.8) is 0 Å². The maximum absolute atomic E-state index is 11.6. The molecule has 116 valence electrons. The molecule has 1 rings (SSSR count). The Bertz CT molecular complexity index is 467. The molecule has 5 nitrogen and oxygen atoms in total. The molecule has 0 aliphatic carbocycles. The normalized spacial score (nSPS) is 11.4. The fourth-order valence-electron chi connectivity index (χ4n) is 1.56. The average molecular weight is 292 g/mol. The van der Waals surface area contributed by atoms with E-state index >= 15 is 0 Å². The van der Waals surface area contributed by atoms with Crippen LogP contribution >= 0.6 is 0 Å². The topological polar surface area (TPSA) is 59.9 Å². The highest BCUT2D eigenvalue weighted by Gasteiger charge is 2.03. The summed E-state index contributed by atoms with van der Waals surface area (Å²) in [7, 11) is 1.60. The third-order valence-electron chi connectivity index (χ3n) is 2.88. The van der Waals surface area contributed by atoms with Crippen molar-refractivity contribution in [2.45, 2.75) is 33.6 Å². The Labute approximate surface area is 126 Å². The monoisotopic (exact) mass is 292 g/mol. The van der Waals surface area contributed by atoms with E-state index in [1.807, 2.05) is 6.92 Å². The molecule has 0 spiro atoms. The molecule has 0 aliphatic rings. The first-order valence-electron chi connectivity index (χ1n) is 7.10. The van der Waals surface area contributed by atoms with Gasteiger partial charge in [0, 0.05) is 5.71 Å². The van der Waals surface area contributed by atoms with E-state index in [-0.39, 0.29) is 12.5 Å². The van der Waals surface area contributed by atoms with Crippen molar-refractivity contribution < 1.29 is 14.3 Å². The second-order valence-corrected chi connectivity index (χ2v) is 5.28. The van der Waals surface area contributed by atoms with Gasteiger partial charge in [-0.2, -0.15) is 5.10 Å². The van der Waals surface area contributed by atoms with E-state index in [9.17, 15) is 4.79 Å². The number of amides is 1. The lowest BCUT2D eigenvalue weighted by Crippen LogP contribution is -2.25. The summed E-state index contributed by atoms with van der Waals surface area (Å²) in [5, 5.41) is 4.05.